The second-order valence-corrected chi connectivity index (χ2v) is 1.65. The summed E-state index contributed by atoms with van der Waals surface area (Å²) >= 11 is 0. The van der Waals surface area contributed by atoms with Crippen LogP contribution >= 0.6 is 0 Å². The van der Waals surface area contributed by atoms with E-state index in [1.165, 1.54) is 0 Å². The zero-order valence-electron chi connectivity index (χ0n) is 6.09. The minimum atomic E-state index is -0.706. The Balaban J connectivity index is 0. The molecule has 0 saturated carbocycles. The van der Waals surface area contributed by atoms with Crippen LogP contribution in [0.4, 0.5) is 0 Å². The molecule has 3 nitrogen and oxygen atoms in total. The quantitative estimate of drug-likeness (QED) is 0.585. The van der Waals surface area contributed by atoms with Crippen LogP contribution in [0.25, 0.3) is 0 Å². The molecule has 0 aliphatic carbocycles. The molecule has 0 fully saturated rings. The Hall–Kier alpha value is -0.570. The van der Waals surface area contributed by atoms with Gasteiger partial charge >= 0.3 is 5.97 Å². The van der Waals surface area contributed by atoms with Gasteiger partial charge in [0.1, 0.15) is 0 Å². The summed E-state index contributed by atoms with van der Waals surface area (Å²) in [6.07, 6.45) is 0.718. The van der Waals surface area contributed by atoms with Crippen LogP contribution in [0.5, 0.6) is 0 Å². The molecule has 9 heavy (non-hydrogen) atoms. The summed E-state index contributed by atoms with van der Waals surface area (Å²) < 4.78 is 0. The number of carboxylic acid groups (broad SMARTS) is 1. The van der Waals surface area contributed by atoms with Gasteiger partial charge in [-0.05, 0) is 6.42 Å². The normalized spacial score (nSPS) is 11.1. The molecular formula is C6H14O3. The summed E-state index contributed by atoms with van der Waals surface area (Å²) in [7, 11) is 1.00. The lowest BCUT2D eigenvalue weighted by Crippen LogP contribution is -2.06. The van der Waals surface area contributed by atoms with E-state index in [0.29, 0.717) is 0 Å². The van der Waals surface area contributed by atoms with E-state index in [2.05, 4.69) is 0 Å². The van der Waals surface area contributed by atoms with Crippen LogP contribution in [0.15, 0.2) is 0 Å². The largest absolute Gasteiger partial charge is 0.481 e. The van der Waals surface area contributed by atoms with Gasteiger partial charge in [-0.1, -0.05) is 13.8 Å². The molecule has 0 radical (unpaired) electrons. The zero-order chi connectivity index (χ0) is 7.86. The van der Waals surface area contributed by atoms with Crippen LogP contribution in [0.1, 0.15) is 20.3 Å². The van der Waals surface area contributed by atoms with Crippen molar-refractivity contribution in [2.24, 2.45) is 5.92 Å². The Morgan fingerprint density at radius 1 is 1.56 bits per heavy atom. The first kappa shape index (κ1) is 11.3. The fourth-order valence-electron chi connectivity index (χ4n) is 0.175. The molecule has 1 unspecified atom stereocenters. The van der Waals surface area contributed by atoms with Gasteiger partial charge in [0.05, 0.1) is 5.92 Å². The van der Waals surface area contributed by atoms with Crippen LogP contribution in [-0.4, -0.2) is 23.3 Å². The zero-order valence-corrected chi connectivity index (χ0v) is 6.09. The van der Waals surface area contributed by atoms with E-state index < -0.39 is 5.97 Å². The van der Waals surface area contributed by atoms with E-state index >= 15 is 0 Å². The highest BCUT2D eigenvalue weighted by molar-refractivity contribution is 5.69. The third-order valence-corrected chi connectivity index (χ3v) is 1.03. The van der Waals surface area contributed by atoms with Gasteiger partial charge in [-0.25, -0.2) is 0 Å². The Morgan fingerprint density at radius 2 is 1.89 bits per heavy atom. The Labute approximate surface area is 55.3 Å². The second-order valence-electron chi connectivity index (χ2n) is 1.65. The molecule has 56 valence electrons. The molecule has 2 N–H and O–H groups in total. The number of rotatable bonds is 2. The standard InChI is InChI=1S/C5H10O2.CH4O/c1-3-4(2)5(6)7;1-2/h4H,3H2,1-2H3,(H,6,7);2H,1H3. The number of aliphatic hydroxyl groups excluding tert-OH is 1. The van der Waals surface area contributed by atoms with Crippen LogP contribution in [-0.2, 0) is 4.79 Å². The molecule has 0 bridgehead atoms. The second kappa shape index (κ2) is 7.43. The van der Waals surface area contributed by atoms with Crippen LogP contribution < -0.4 is 0 Å². The lowest BCUT2D eigenvalue weighted by Gasteiger charge is -1.96. The van der Waals surface area contributed by atoms with Crippen molar-refractivity contribution in [2.75, 3.05) is 7.11 Å². The first-order valence-corrected chi connectivity index (χ1v) is 2.86. The van der Waals surface area contributed by atoms with E-state index in [-0.39, 0.29) is 5.92 Å². The topological polar surface area (TPSA) is 57.5 Å². The van der Waals surface area contributed by atoms with E-state index in [1.54, 1.807) is 6.92 Å². The fourth-order valence-corrected chi connectivity index (χ4v) is 0.175. The fraction of sp³-hybridized carbons (Fsp3) is 0.833. The third-order valence-electron chi connectivity index (χ3n) is 1.03. The highest BCUT2D eigenvalue weighted by Crippen LogP contribution is 1.97. The maximum absolute atomic E-state index is 9.93. The minimum absolute atomic E-state index is 0.181. The molecule has 0 aromatic heterocycles. The molecular weight excluding hydrogens is 120 g/mol. The van der Waals surface area contributed by atoms with Gasteiger partial charge in [0.25, 0.3) is 0 Å². The predicted octanol–water partition coefficient (Wildman–Crippen LogP) is 0.726. The molecule has 0 spiro atoms. The van der Waals surface area contributed by atoms with Crippen LogP contribution in [0, 0.1) is 5.92 Å². The van der Waals surface area contributed by atoms with Crippen LogP contribution in [0.3, 0.4) is 0 Å². The third kappa shape index (κ3) is 7.43. The van der Waals surface area contributed by atoms with Crippen molar-refractivity contribution in [3.63, 3.8) is 0 Å². The van der Waals surface area contributed by atoms with Gasteiger partial charge in [0.15, 0.2) is 0 Å². The van der Waals surface area contributed by atoms with Crippen molar-refractivity contribution in [2.45, 2.75) is 20.3 Å². The SMILES string of the molecule is CCC(C)C(=O)O.CO. The highest BCUT2D eigenvalue weighted by Gasteiger charge is 2.05. The first-order chi connectivity index (χ1) is 4.18. The average molecular weight is 134 g/mol. The number of carbonyl (C=O) groups is 1. The summed E-state index contributed by atoms with van der Waals surface area (Å²) in [5, 5.41) is 15.2. The van der Waals surface area contributed by atoms with Crippen molar-refractivity contribution in [3.05, 3.63) is 0 Å². The Kier molecular flexibility index (Phi) is 9.29. The molecule has 1 atom stereocenters. The molecule has 0 aromatic rings. The molecule has 0 aromatic carbocycles. The van der Waals surface area contributed by atoms with Gasteiger partial charge in [0, 0.05) is 7.11 Å². The van der Waals surface area contributed by atoms with Gasteiger partial charge in [-0.3, -0.25) is 4.79 Å². The number of hydrogen-bond donors (Lipinski definition) is 2. The summed E-state index contributed by atoms with van der Waals surface area (Å²) in [5.74, 6) is -0.887. The smallest absolute Gasteiger partial charge is 0.306 e. The lowest BCUT2D eigenvalue weighted by atomic mass is 10.1. The van der Waals surface area contributed by atoms with Gasteiger partial charge in [0.2, 0.25) is 0 Å². The molecule has 0 amide bonds. The number of aliphatic hydroxyl groups is 1. The number of hydrogen-bond acceptors (Lipinski definition) is 2. The average Bonchev–Trinajstić information content (AvgIpc) is 1.91. The van der Waals surface area contributed by atoms with E-state index in [4.69, 9.17) is 10.2 Å². The van der Waals surface area contributed by atoms with Crippen molar-refractivity contribution in [1.82, 2.24) is 0 Å². The highest BCUT2D eigenvalue weighted by atomic mass is 16.4. The van der Waals surface area contributed by atoms with E-state index in [0.717, 1.165) is 13.5 Å². The monoisotopic (exact) mass is 134 g/mol. The lowest BCUT2D eigenvalue weighted by molar-refractivity contribution is -0.141. The van der Waals surface area contributed by atoms with Gasteiger partial charge < -0.3 is 10.2 Å². The van der Waals surface area contributed by atoms with Crippen molar-refractivity contribution in [1.29, 1.82) is 0 Å². The number of aliphatic carboxylic acids is 1. The maximum atomic E-state index is 9.93. The molecule has 0 rings (SSSR count). The van der Waals surface area contributed by atoms with Gasteiger partial charge in [-0.15, -0.1) is 0 Å². The summed E-state index contributed by atoms with van der Waals surface area (Å²) in [6, 6.07) is 0. The Morgan fingerprint density at radius 3 is 1.89 bits per heavy atom. The van der Waals surface area contributed by atoms with Crippen LogP contribution in [0.2, 0.25) is 0 Å². The summed E-state index contributed by atoms with van der Waals surface area (Å²) in [6.45, 7) is 3.56. The maximum Gasteiger partial charge on any atom is 0.306 e. The molecule has 3 heteroatoms. The molecule has 0 heterocycles. The summed E-state index contributed by atoms with van der Waals surface area (Å²) in [5.41, 5.74) is 0. The van der Waals surface area contributed by atoms with Crippen molar-refractivity contribution in [3.8, 4) is 0 Å². The Bertz CT molecular complexity index is 70.7. The first-order valence-electron chi connectivity index (χ1n) is 2.86. The van der Waals surface area contributed by atoms with Crippen molar-refractivity contribution < 1.29 is 15.0 Å². The molecule has 0 aliphatic rings. The predicted molar refractivity (Wildman–Crippen MR) is 35.2 cm³/mol. The van der Waals surface area contributed by atoms with E-state index in [9.17, 15) is 4.79 Å². The molecule has 0 saturated heterocycles. The van der Waals surface area contributed by atoms with Gasteiger partial charge in [-0.2, -0.15) is 0 Å². The van der Waals surface area contributed by atoms with Crippen molar-refractivity contribution >= 4 is 5.97 Å². The van der Waals surface area contributed by atoms with E-state index in [1.807, 2.05) is 6.92 Å². The molecule has 0 aliphatic heterocycles. The number of carboxylic acids is 1. The summed E-state index contributed by atoms with van der Waals surface area (Å²) in [4.78, 5) is 9.93. The minimum Gasteiger partial charge on any atom is -0.481 e.